The maximum atomic E-state index is 12.2. The molecule has 0 spiro atoms. The van der Waals surface area contributed by atoms with Gasteiger partial charge >= 0.3 is 0 Å². The Hall–Kier alpha value is -1.65. The molecule has 4 nitrogen and oxygen atoms in total. The molecule has 0 aliphatic heterocycles. The molecular formula is C49H91NO3. The zero-order valence-electron chi connectivity index (χ0n) is 35.5. The lowest BCUT2D eigenvalue weighted by molar-refractivity contribution is -0.123. The molecular weight excluding hydrogens is 651 g/mol. The van der Waals surface area contributed by atoms with E-state index >= 15 is 0 Å². The highest BCUT2D eigenvalue weighted by molar-refractivity contribution is 5.76. The minimum absolute atomic E-state index is 0.0381. The van der Waals surface area contributed by atoms with Crippen LogP contribution in [0.4, 0.5) is 0 Å². The molecule has 0 fully saturated rings. The first-order chi connectivity index (χ1) is 26.2. The van der Waals surface area contributed by atoms with Crippen LogP contribution >= 0.6 is 0 Å². The summed E-state index contributed by atoms with van der Waals surface area (Å²) in [6.07, 6.45) is 61.3. The van der Waals surface area contributed by atoms with Crippen molar-refractivity contribution in [3.63, 3.8) is 0 Å². The molecule has 53 heavy (non-hydrogen) atoms. The predicted molar refractivity (Wildman–Crippen MR) is 235 cm³/mol. The van der Waals surface area contributed by atoms with Crippen molar-refractivity contribution in [2.45, 2.75) is 251 Å². The van der Waals surface area contributed by atoms with Gasteiger partial charge in [-0.25, -0.2) is 0 Å². The summed E-state index contributed by atoms with van der Waals surface area (Å²) in [5.41, 5.74) is 0. The van der Waals surface area contributed by atoms with Gasteiger partial charge in [0.25, 0.3) is 0 Å². The SMILES string of the molecule is CC/C=C\C/C=C\C/C=C\C/C=C\CCCCCCCCCCCCCCCCCCCCCCCCCCC(=O)NC(CO)C(O)CCCCCC. The molecule has 4 heteroatoms. The van der Waals surface area contributed by atoms with Crippen molar-refractivity contribution in [1.82, 2.24) is 5.32 Å². The van der Waals surface area contributed by atoms with Crippen molar-refractivity contribution in [3.8, 4) is 0 Å². The van der Waals surface area contributed by atoms with Crippen molar-refractivity contribution in [2.24, 2.45) is 0 Å². The largest absolute Gasteiger partial charge is 0.394 e. The van der Waals surface area contributed by atoms with E-state index in [1.807, 2.05) is 0 Å². The maximum absolute atomic E-state index is 12.2. The Balaban J connectivity index is 3.30. The average molecular weight is 742 g/mol. The third-order valence-electron chi connectivity index (χ3n) is 10.6. The van der Waals surface area contributed by atoms with Gasteiger partial charge in [-0.15, -0.1) is 0 Å². The van der Waals surface area contributed by atoms with Crippen LogP contribution in [0.5, 0.6) is 0 Å². The molecule has 0 radical (unpaired) electrons. The van der Waals surface area contributed by atoms with E-state index in [-0.39, 0.29) is 12.5 Å². The molecule has 0 aromatic carbocycles. The molecule has 310 valence electrons. The quantitative estimate of drug-likeness (QED) is 0.0431. The molecule has 1 amide bonds. The number of nitrogens with one attached hydrogen (secondary N) is 1. The van der Waals surface area contributed by atoms with Gasteiger partial charge in [0.05, 0.1) is 18.8 Å². The number of allylic oxidation sites excluding steroid dienone is 8. The van der Waals surface area contributed by atoms with Crippen LogP contribution in [-0.2, 0) is 4.79 Å². The van der Waals surface area contributed by atoms with Gasteiger partial charge in [-0.2, -0.15) is 0 Å². The van der Waals surface area contributed by atoms with E-state index in [0.29, 0.717) is 12.8 Å². The molecule has 0 aliphatic carbocycles. The summed E-state index contributed by atoms with van der Waals surface area (Å²) in [5.74, 6) is -0.0381. The van der Waals surface area contributed by atoms with Crippen molar-refractivity contribution >= 4 is 5.91 Å². The van der Waals surface area contributed by atoms with Crippen LogP contribution in [0.3, 0.4) is 0 Å². The number of carbonyl (C=O) groups is 1. The number of aliphatic hydroxyl groups is 2. The monoisotopic (exact) mass is 742 g/mol. The van der Waals surface area contributed by atoms with Crippen LogP contribution in [0.25, 0.3) is 0 Å². The fourth-order valence-electron chi connectivity index (χ4n) is 7.06. The number of carbonyl (C=O) groups excluding carboxylic acids is 1. The van der Waals surface area contributed by atoms with Gasteiger partial charge < -0.3 is 15.5 Å². The maximum Gasteiger partial charge on any atom is 0.220 e. The summed E-state index contributed by atoms with van der Waals surface area (Å²) in [7, 11) is 0. The number of unbranched alkanes of at least 4 members (excludes halogenated alkanes) is 27. The first-order valence-electron chi connectivity index (χ1n) is 23.3. The van der Waals surface area contributed by atoms with Crippen LogP contribution < -0.4 is 5.32 Å². The van der Waals surface area contributed by atoms with E-state index in [1.165, 1.54) is 154 Å². The standard InChI is InChI=1S/C49H91NO3/c1-3-5-7-9-10-11-12-13-14-15-16-17-18-19-20-21-22-23-24-25-26-27-28-29-30-31-32-33-34-35-36-37-38-39-40-41-43-45-49(53)50-47(46-51)48(52)44-42-8-6-4-2/h5,7,10-11,13-14,16-17,47-48,51-52H,3-4,6,8-9,12,15,18-46H2,1-2H3,(H,50,53)/b7-5-,11-10-,14-13-,17-16-. The van der Waals surface area contributed by atoms with E-state index in [2.05, 4.69) is 67.8 Å². The molecule has 2 unspecified atom stereocenters. The van der Waals surface area contributed by atoms with Crippen LogP contribution in [0.1, 0.15) is 239 Å². The molecule has 0 aromatic heterocycles. The molecule has 2 atom stereocenters. The molecule has 0 bridgehead atoms. The number of amides is 1. The summed E-state index contributed by atoms with van der Waals surface area (Å²) in [6.45, 7) is 4.14. The summed E-state index contributed by atoms with van der Waals surface area (Å²) < 4.78 is 0. The Bertz CT molecular complexity index is 847. The van der Waals surface area contributed by atoms with Crippen LogP contribution in [0.2, 0.25) is 0 Å². The van der Waals surface area contributed by atoms with Crippen molar-refractivity contribution < 1.29 is 15.0 Å². The first-order valence-corrected chi connectivity index (χ1v) is 23.3. The van der Waals surface area contributed by atoms with Gasteiger partial charge in [-0.1, -0.05) is 229 Å². The third kappa shape index (κ3) is 41.4. The Morgan fingerprint density at radius 3 is 1.23 bits per heavy atom. The van der Waals surface area contributed by atoms with E-state index < -0.39 is 12.1 Å². The van der Waals surface area contributed by atoms with Gasteiger partial charge in [-0.05, 0) is 51.4 Å². The van der Waals surface area contributed by atoms with E-state index in [1.54, 1.807) is 0 Å². The zero-order chi connectivity index (χ0) is 38.6. The number of aliphatic hydroxyl groups excluding tert-OH is 2. The Labute approximate surface area is 331 Å². The number of hydrogen-bond donors (Lipinski definition) is 3. The van der Waals surface area contributed by atoms with Gasteiger partial charge in [0.2, 0.25) is 5.91 Å². The number of hydrogen-bond acceptors (Lipinski definition) is 3. The van der Waals surface area contributed by atoms with Gasteiger partial charge in [0.15, 0.2) is 0 Å². The van der Waals surface area contributed by atoms with E-state index in [4.69, 9.17) is 0 Å². The molecule has 0 aromatic rings. The molecule has 3 N–H and O–H groups in total. The normalized spacial score (nSPS) is 13.4. The van der Waals surface area contributed by atoms with E-state index in [9.17, 15) is 15.0 Å². The minimum atomic E-state index is -0.653. The Morgan fingerprint density at radius 1 is 0.472 bits per heavy atom. The zero-order valence-corrected chi connectivity index (χ0v) is 35.5. The van der Waals surface area contributed by atoms with Crippen molar-refractivity contribution in [1.29, 1.82) is 0 Å². The first kappa shape index (κ1) is 51.4. The molecule has 0 heterocycles. The second-order valence-corrected chi connectivity index (χ2v) is 15.8. The van der Waals surface area contributed by atoms with Gasteiger partial charge in [0.1, 0.15) is 0 Å². The van der Waals surface area contributed by atoms with Gasteiger partial charge in [0, 0.05) is 6.42 Å². The predicted octanol–water partition coefficient (Wildman–Crippen LogP) is 14.7. The minimum Gasteiger partial charge on any atom is -0.394 e. The summed E-state index contributed by atoms with van der Waals surface area (Å²) in [6, 6.07) is -0.529. The topological polar surface area (TPSA) is 69.6 Å². The molecule has 0 rings (SSSR count). The summed E-state index contributed by atoms with van der Waals surface area (Å²) >= 11 is 0. The lowest BCUT2D eigenvalue weighted by Gasteiger charge is -2.22. The summed E-state index contributed by atoms with van der Waals surface area (Å²) in [5, 5.41) is 22.7. The molecule has 0 saturated heterocycles. The molecule has 0 aliphatic rings. The van der Waals surface area contributed by atoms with E-state index in [0.717, 1.165) is 57.8 Å². The number of rotatable bonds is 42. The van der Waals surface area contributed by atoms with Crippen LogP contribution in [0.15, 0.2) is 48.6 Å². The molecule has 0 saturated carbocycles. The Kier molecular flexibility index (Phi) is 43.4. The highest BCUT2D eigenvalue weighted by Gasteiger charge is 2.19. The van der Waals surface area contributed by atoms with Gasteiger partial charge in [-0.3, -0.25) is 4.79 Å². The fourth-order valence-corrected chi connectivity index (χ4v) is 7.06. The van der Waals surface area contributed by atoms with Crippen molar-refractivity contribution in [2.75, 3.05) is 6.61 Å². The van der Waals surface area contributed by atoms with Crippen LogP contribution in [0, 0.1) is 0 Å². The highest BCUT2D eigenvalue weighted by Crippen LogP contribution is 2.16. The lowest BCUT2D eigenvalue weighted by Crippen LogP contribution is -2.45. The lowest BCUT2D eigenvalue weighted by atomic mass is 10.0. The van der Waals surface area contributed by atoms with Crippen molar-refractivity contribution in [3.05, 3.63) is 48.6 Å². The second kappa shape index (κ2) is 44.7. The fraction of sp³-hybridized carbons (Fsp3) is 0.816. The second-order valence-electron chi connectivity index (χ2n) is 15.8. The van der Waals surface area contributed by atoms with Crippen LogP contribution in [-0.4, -0.2) is 34.9 Å². The Morgan fingerprint density at radius 2 is 0.830 bits per heavy atom. The smallest absolute Gasteiger partial charge is 0.220 e. The summed E-state index contributed by atoms with van der Waals surface area (Å²) in [4.78, 5) is 12.2. The third-order valence-corrected chi connectivity index (χ3v) is 10.6. The highest BCUT2D eigenvalue weighted by atomic mass is 16.3. The average Bonchev–Trinajstić information content (AvgIpc) is 3.16.